The van der Waals surface area contributed by atoms with Gasteiger partial charge in [-0.05, 0) is 62.2 Å². The number of carbonyl (C=O) groups is 1. The SMILES string of the molecule is C[C@@H](CN1CCC(n2c(=O)[nH]c3cc(Br)ccc32)CC1)NC(=O)c1ccc(Cl)cc1. The zero-order valence-electron chi connectivity index (χ0n) is 16.7. The summed E-state index contributed by atoms with van der Waals surface area (Å²) in [5.41, 5.74) is 2.36. The van der Waals surface area contributed by atoms with Gasteiger partial charge in [-0.2, -0.15) is 0 Å². The number of carbonyl (C=O) groups excluding carboxylic acids is 1. The number of fused-ring (bicyclic) bond motifs is 1. The van der Waals surface area contributed by atoms with E-state index in [0.29, 0.717) is 10.6 Å². The molecule has 1 aromatic heterocycles. The monoisotopic (exact) mass is 490 g/mol. The molecular weight excluding hydrogens is 468 g/mol. The molecule has 0 aliphatic carbocycles. The average Bonchev–Trinajstić information content (AvgIpc) is 3.03. The van der Waals surface area contributed by atoms with Gasteiger partial charge in [0.2, 0.25) is 0 Å². The van der Waals surface area contributed by atoms with Crippen molar-refractivity contribution in [3.63, 3.8) is 0 Å². The zero-order valence-corrected chi connectivity index (χ0v) is 19.0. The van der Waals surface area contributed by atoms with Gasteiger partial charge < -0.3 is 15.2 Å². The van der Waals surface area contributed by atoms with Gasteiger partial charge in [-0.15, -0.1) is 0 Å². The number of amides is 1. The molecule has 30 heavy (non-hydrogen) atoms. The molecular formula is C22H24BrClN4O2. The molecule has 3 aromatic rings. The molecule has 2 N–H and O–H groups in total. The van der Waals surface area contributed by atoms with Crippen molar-refractivity contribution in [2.24, 2.45) is 0 Å². The standard InChI is InChI=1S/C22H24BrClN4O2/c1-14(25-21(29)15-2-5-17(24)6-3-15)13-27-10-8-18(9-11-27)28-20-7-4-16(23)12-19(20)26-22(28)30/h2-7,12,14,18H,8-11,13H2,1H3,(H,25,29)(H,26,30)/t14-/m0/s1. The van der Waals surface area contributed by atoms with E-state index in [0.717, 1.165) is 48.0 Å². The van der Waals surface area contributed by atoms with E-state index in [-0.39, 0.29) is 23.7 Å². The van der Waals surface area contributed by atoms with Crippen molar-refractivity contribution in [3.05, 3.63) is 68.0 Å². The van der Waals surface area contributed by atoms with Crippen LogP contribution in [-0.4, -0.2) is 46.0 Å². The van der Waals surface area contributed by atoms with Gasteiger partial charge in [0.1, 0.15) is 0 Å². The molecule has 1 aliphatic heterocycles. The van der Waals surface area contributed by atoms with Crippen LogP contribution in [0.2, 0.25) is 5.02 Å². The number of aromatic amines is 1. The van der Waals surface area contributed by atoms with Crippen LogP contribution >= 0.6 is 27.5 Å². The molecule has 1 atom stereocenters. The van der Waals surface area contributed by atoms with Gasteiger partial charge in [-0.3, -0.25) is 9.36 Å². The minimum Gasteiger partial charge on any atom is -0.348 e. The molecule has 8 heteroatoms. The fourth-order valence-electron chi connectivity index (χ4n) is 4.17. The number of nitrogens with one attached hydrogen (secondary N) is 2. The number of hydrogen-bond donors (Lipinski definition) is 2. The van der Waals surface area contributed by atoms with Crippen molar-refractivity contribution >= 4 is 44.5 Å². The first-order valence-electron chi connectivity index (χ1n) is 10.1. The number of aromatic nitrogens is 2. The maximum atomic E-state index is 12.5. The minimum atomic E-state index is -0.0921. The lowest BCUT2D eigenvalue weighted by Crippen LogP contribution is -2.45. The van der Waals surface area contributed by atoms with Gasteiger partial charge >= 0.3 is 5.69 Å². The Morgan fingerprint density at radius 2 is 1.93 bits per heavy atom. The van der Waals surface area contributed by atoms with E-state index in [9.17, 15) is 9.59 Å². The van der Waals surface area contributed by atoms with Crippen molar-refractivity contribution in [2.45, 2.75) is 31.8 Å². The summed E-state index contributed by atoms with van der Waals surface area (Å²) in [5, 5.41) is 3.67. The predicted molar refractivity (Wildman–Crippen MR) is 123 cm³/mol. The fraction of sp³-hybridized carbons (Fsp3) is 0.364. The van der Waals surface area contributed by atoms with Gasteiger partial charge in [-0.25, -0.2) is 4.79 Å². The van der Waals surface area contributed by atoms with Crippen LogP contribution in [0.25, 0.3) is 11.0 Å². The number of likely N-dealkylation sites (tertiary alicyclic amines) is 1. The summed E-state index contributed by atoms with van der Waals surface area (Å²) in [6.07, 6.45) is 1.81. The van der Waals surface area contributed by atoms with Gasteiger partial charge in [0.05, 0.1) is 11.0 Å². The van der Waals surface area contributed by atoms with E-state index < -0.39 is 0 Å². The predicted octanol–water partition coefficient (Wildman–Crippen LogP) is 4.20. The summed E-state index contributed by atoms with van der Waals surface area (Å²) in [7, 11) is 0. The molecule has 158 valence electrons. The Morgan fingerprint density at radius 1 is 1.23 bits per heavy atom. The molecule has 0 radical (unpaired) electrons. The average molecular weight is 492 g/mol. The van der Waals surface area contributed by atoms with E-state index in [4.69, 9.17) is 11.6 Å². The summed E-state index contributed by atoms with van der Waals surface area (Å²) in [6.45, 7) is 4.58. The van der Waals surface area contributed by atoms with E-state index in [2.05, 4.69) is 31.1 Å². The highest BCUT2D eigenvalue weighted by atomic mass is 79.9. The second-order valence-electron chi connectivity index (χ2n) is 7.87. The Labute approximate surface area is 188 Å². The highest BCUT2D eigenvalue weighted by molar-refractivity contribution is 9.10. The summed E-state index contributed by atoms with van der Waals surface area (Å²) in [6, 6.07) is 13.0. The largest absolute Gasteiger partial charge is 0.348 e. The first kappa shape index (κ1) is 21.2. The Morgan fingerprint density at radius 3 is 2.63 bits per heavy atom. The Kier molecular flexibility index (Phi) is 6.32. The van der Waals surface area contributed by atoms with Crippen LogP contribution in [0.4, 0.5) is 0 Å². The quantitative estimate of drug-likeness (QED) is 0.562. The number of H-pyrrole nitrogens is 1. The lowest BCUT2D eigenvalue weighted by atomic mass is 10.0. The topological polar surface area (TPSA) is 70.1 Å². The highest BCUT2D eigenvalue weighted by Crippen LogP contribution is 2.26. The summed E-state index contributed by atoms with van der Waals surface area (Å²) < 4.78 is 2.85. The molecule has 0 bridgehead atoms. The second kappa shape index (κ2) is 8.96. The van der Waals surface area contributed by atoms with Crippen molar-refractivity contribution in [2.75, 3.05) is 19.6 Å². The second-order valence-corrected chi connectivity index (χ2v) is 9.23. The van der Waals surface area contributed by atoms with Crippen LogP contribution in [0.5, 0.6) is 0 Å². The van der Waals surface area contributed by atoms with Gasteiger partial charge in [0, 0.05) is 46.8 Å². The van der Waals surface area contributed by atoms with Crippen LogP contribution < -0.4 is 11.0 Å². The summed E-state index contributed by atoms with van der Waals surface area (Å²) >= 11 is 9.34. The van der Waals surface area contributed by atoms with Crippen molar-refractivity contribution in [1.82, 2.24) is 19.8 Å². The van der Waals surface area contributed by atoms with Crippen molar-refractivity contribution in [3.8, 4) is 0 Å². The summed E-state index contributed by atoms with van der Waals surface area (Å²) in [4.78, 5) is 30.2. The number of imidazole rings is 1. The molecule has 4 rings (SSSR count). The lowest BCUT2D eigenvalue weighted by Gasteiger charge is -2.34. The smallest absolute Gasteiger partial charge is 0.326 e. The number of hydrogen-bond acceptors (Lipinski definition) is 3. The van der Waals surface area contributed by atoms with Crippen molar-refractivity contribution in [1.29, 1.82) is 0 Å². The van der Waals surface area contributed by atoms with E-state index in [1.54, 1.807) is 24.3 Å². The first-order chi connectivity index (χ1) is 14.4. The van der Waals surface area contributed by atoms with E-state index >= 15 is 0 Å². The van der Waals surface area contributed by atoms with Crippen molar-refractivity contribution < 1.29 is 4.79 Å². The molecule has 2 aromatic carbocycles. The molecule has 1 saturated heterocycles. The maximum absolute atomic E-state index is 12.5. The Balaban J connectivity index is 1.34. The van der Waals surface area contributed by atoms with Gasteiger partial charge in [0.15, 0.2) is 0 Å². The molecule has 0 saturated carbocycles. The van der Waals surface area contributed by atoms with Crippen LogP contribution in [0.3, 0.4) is 0 Å². The molecule has 0 unspecified atom stereocenters. The maximum Gasteiger partial charge on any atom is 0.326 e. The number of nitrogens with zero attached hydrogens (tertiary/aromatic N) is 2. The molecule has 6 nitrogen and oxygen atoms in total. The van der Waals surface area contributed by atoms with Crippen LogP contribution in [0.15, 0.2) is 51.7 Å². The number of benzene rings is 2. The zero-order chi connectivity index (χ0) is 21.3. The van der Waals surface area contributed by atoms with E-state index in [1.165, 1.54) is 0 Å². The molecule has 1 aliphatic rings. The number of halogens is 2. The van der Waals surface area contributed by atoms with Gasteiger partial charge in [0.25, 0.3) is 5.91 Å². The summed E-state index contributed by atoms with van der Waals surface area (Å²) in [5.74, 6) is -0.0921. The molecule has 1 fully saturated rings. The molecule has 0 spiro atoms. The third-order valence-electron chi connectivity index (χ3n) is 5.62. The third kappa shape index (κ3) is 4.63. The molecule has 1 amide bonds. The number of piperidine rings is 1. The number of rotatable bonds is 5. The normalized spacial score (nSPS) is 16.6. The Hall–Kier alpha value is -2.09. The lowest BCUT2D eigenvalue weighted by molar-refractivity contribution is 0.0921. The minimum absolute atomic E-state index is 0.0258. The fourth-order valence-corrected chi connectivity index (χ4v) is 4.65. The van der Waals surface area contributed by atoms with Gasteiger partial charge in [-0.1, -0.05) is 27.5 Å². The van der Waals surface area contributed by atoms with Crippen LogP contribution in [0.1, 0.15) is 36.2 Å². The van der Waals surface area contributed by atoms with Crippen LogP contribution in [0, 0.1) is 0 Å². The Bertz CT molecular complexity index is 1100. The first-order valence-corrected chi connectivity index (χ1v) is 11.3. The van der Waals surface area contributed by atoms with E-state index in [1.807, 2.05) is 29.7 Å². The van der Waals surface area contributed by atoms with Crippen LogP contribution in [-0.2, 0) is 0 Å². The highest BCUT2D eigenvalue weighted by Gasteiger charge is 2.24. The molecule has 2 heterocycles. The third-order valence-corrected chi connectivity index (χ3v) is 6.36.